The van der Waals surface area contributed by atoms with E-state index in [4.69, 9.17) is 16.3 Å². The zero-order chi connectivity index (χ0) is 11.4. The van der Waals surface area contributed by atoms with Gasteiger partial charge in [-0.15, -0.1) is 11.6 Å². The number of ketones is 1. The molecule has 0 fully saturated rings. The highest BCUT2D eigenvalue weighted by atomic mass is 35.5. The summed E-state index contributed by atoms with van der Waals surface area (Å²) in [5.41, 5.74) is 0.198. The van der Waals surface area contributed by atoms with E-state index < -0.39 is 5.38 Å². The summed E-state index contributed by atoms with van der Waals surface area (Å²) in [6.45, 7) is 3.92. The average molecular weight is 229 g/mol. The smallest absolute Gasteiger partial charge is 0.184 e. The fourth-order valence-electron chi connectivity index (χ4n) is 1.18. The predicted octanol–water partition coefficient (Wildman–Crippen LogP) is 2.60. The second kappa shape index (κ2) is 5.03. The van der Waals surface area contributed by atoms with Crippen LogP contribution in [0.25, 0.3) is 0 Å². The number of hydrogen-bond donors (Lipinski definition) is 1. The van der Waals surface area contributed by atoms with Gasteiger partial charge in [-0.25, -0.2) is 0 Å². The quantitative estimate of drug-likeness (QED) is 0.637. The van der Waals surface area contributed by atoms with Gasteiger partial charge in [0, 0.05) is 0 Å². The lowest BCUT2D eigenvalue weighted by atomic mass is 10.1. The third-order valence-corrected chi connectivity index (χ3v) is 2.10. The second-order valence-corrected chi connectivity index (χ2v) is 3.75. The van der Waals surface area contributed by atoms with Crippen molar-refractivity contribution in [3.8, 4) is 11.5 Å². The van der Waals surface area contributed by atoms with Gasteiger partial charge in [0.2, 0.25) is 0 Å². The average Bonchev–Trinajstić information content (AvgIpc) is 2.20. The lowest BCUT2D eigenvalue weighted by Gasteiger charge is -2.08. The molecule has 3 nitrogen and oxygen atoms in total. The van der Waals surface area contributed by atoms with Gasteiger partial charge >= 0.3 is 0 Å². The van der Waals surface area contributed by atoms with Crippen LogP contribution in [0.3, 0.4) is 0 Å². The molecule has 0 bridgehead atoms. The van der Waals surface area contributed by atoms with E-state index in [0.717, 1.165) is 0 Å². The molecular weight excluding hydrogens is 216 g/mol. The lowest BCUT2D eigenvalue weighted by Crippen LogP contribution is -2.10. The van der Waals surface area contributed by atoms with Crippen molar-refractivity contribution in [1.29, 1.82) is 0 Å². The minimum Gasteiger partial charge on any atom is -0.507 e. The third-order valence-electron chi connectivity index (χ3n) is 1.91. The summed E-state index contributed by atoms with van der Waals surface area (Å²) in [5, 5.41) is 8.83. The molecule has 0 radical (unpaired) electrons. The first-order valence-corrected chi connectivity index (χ1v) is 5.14. The van der Waals surface area contributed by atoms with E-state index >= 15 is 0 Å². The highest BCUT2D eigenvalue weighted by Gasteiger charge is 2.17. The molecule has 82 valence electrons. The summed E-state index contributed by atoms with van der Waals surface area (Å²) in [6.07, 6.45) is 0. The fourth-order valence-corrected chi connectivity index (χ4v) is 1.30. The Labute approximate surface area is 93.6 Å². The zero-order valence-electron chi connectivity index (χ0n) is 8.66. The summed E-state index contributed by atoms with van der Waals surface area (Å²) >= 11 is 5.66. The number of phenols is 1. The van der Waals surface area contributed by atoms with Crippen LogP contribution >= 0.6 is 11.6 Å². The molecule has 1 rings (SSSR count). The molecule has 0 aliphatic carbocycles. The summed E-state index contributed by atoms with van der Waals surface area (Å²) in [7, 11) is 0. The normalized spacial score (nSPS) is 12.2. The third kappa shape index (κ3) is 2.86. The van der Waals surface area contributed by atoms with Gasteiger partial charge in [0.25, 0.3) is 0 Å². The Hall–Kier alpha value is -1.22. The highest BCUT2D eigenvalue weighted by molar-refractivity contribution is 6.33. The molecule has 0 saturated carbocycles. The maximum atomic E-state index is 11.6. The molecule has 0 spiro atoms. The molecule has 1 N–H and O–H groups in total. The van der Waals surface area contributed by atoms with Crippen molar-refractivity contribution in [3.05, 3.63) is 23.8 Å². The van der Waals surface area contributed by atoms with Gasteiger partial charge in [-0.05, 0) is 32.0 Å². The van der Waals surface area contributed by atoms with Crippen LogP contribution in [0.2, 0.25) is 0 Å². The number of rotatable bonds is 4. The van der Waals surface area contributed by atoms with Gasteiger partial charge in [0.1, 0.15) is 11.5 Å². The zero-order valence-corrected chi connectivity index (χ0v) is 9.41. The Morgan fingerprint density at radius 3 is 2.80 bits per heavy atom. The van der Waals surface area contributed by atoms with E-state index in [9.17, 15) is 9.90 Å². The second-order valence-electron chi connectivity index (χ2n) is 3.09. The number of alkyl halides is 1. The predicted molar refractivity (Wildman–Crippen MR) is 58.9 cm³/mol. The van der Waals surface area contributed by atoms with Gasteiger partial charge in [-0.2, -0.15) is 0 Å². The van der Waals surface area contributed by atoms with Crippen LogP contribution in [0.4, 0.5) is 0 Å². The molecule has 0 aliphatic rings. The van der Waals surface area contributed by atoms with Crippen LogP contribution in [0.5, 0.6) is 11.5 Å². The maximum absolute atomic E-state index is 11.6. The van der Waals surface area contributed by atoms with E-state index in [2.05, 4.69) is 0 Å². The van der Waals surface area contributed by atoms with Crippen molar-refractivity contribution in [2.45, 2.75) is 19.2 Å². The Morgan fingerprint density at radius 1 is 1.60 bits per heavy atom. The molecule has 1 aromatic rings. The topological polar surface area (TPSA) is 46.5 Å². The SMILES string of the molecule is CCOc1ccc(O)c(C(=O)C(C)Cl)c1. The summed E-state index contributed by atoms with van der Waals surface area (Å²) < 4.78 is 5.22. The van der Waals surface area contributed by atoms with Crippen molar-refractivity contribution >= 4 is 17.4 Å². The molecule has 1 aromatic carbocycles. The number of halogens is 1. The number of carbonyl (C=O) groups is 1. The summed E-state index contributed by atoms with van der Waals surface area (Å²) in [5.74, 6) is 0.169. The van der Waals surface area contributed by atoms with Crippen LogP contribution in [0.15, 0.2) is 18.2 Å². The molecule has 0 saturated heterocycles. The molecule has 1 atom stereocenters. The van der Waals surface area contributed by atoms with Crippen LogP contribution in [-0.2, 0) is 0 Å². The number of Topliss-reactive ketones (excluding diaryl/α,β-unsaturated/α-hetero) is 1. The van der Waals surface area contributed by atoms with E-state index in [1.54, 1.807) is 13.0 Å². The van der Waals surface area contributed by atoms with Gasteiger partial charge in [-0.1, -0.05) is 0 Å². The molecule has 1 unspecified atom stereocenters. The first-order chi connectivity index (χ1) is 7.06. The van der Waals surface area contributed by atoms with Crippen molar-refractivity contribution in [1.82, 2.24) is 0 Å². The Balaban J connectivity index is 3.05. The number of carbonyl (C=O) groups excluding carboxylic acids is 1. The highest BCUT2D eigenvalue weighted by Crippen LogP contribution is 2.25. The summed E-state index contributed by atoms with van der Waals surface area (Å²) in [4.78, 5) is 11.6. The Kier molecular flexibility index (Phi) is 3.97. The van der Waals surface area contributed by atoms with E-state index in [-0.39, 0.29) is 17.1 Å². The lowest BCUT2D eigenvalue weighted by molar-refractivity contribution is 0.0988. The van der Waals surface area contributed by atoms with Crippen LogP contribution < -0.4 is 4.74 Å². The Morgan fingerprint density at radius 2 is 2.27 bits per heavy atom. The first kappa shape index (κ1) is 11.9. The Bertz CT molecular complexity index is 361. The number of hydrogen-bond acceptors (Lipinski definition) is 3. The van der Waals surface area contributed by atoms with E-state index in [1.165, 1.54) is 12.1 Å². The van der Waals surface area contributed by atoms with Crippen LogP contribution in [0.1, 0.15) is 24.2 Å². The van der Waals surface area contributed by atoms with Crippen LogP contribution in [0, 0.1) is 0 Å². The minimum atomic E-state index is -0.659. The monoisotopic (exact) mass is 228 g/mol. The number of aromatic hydroxyl groups is 1. The molecular formula is C11H13ClO3. The van der Waals surface area contributed by atoms with Crippen LogP contribution in [-0.4, -0.2) is 22.9 Å². The van der Waals surface area contributed by atoms with Crippen molar-refractivity contribution in [2.24, 2.45) is 0 Å². The fraction of sp³-hybridized carbons (Fsp3) is 0.364. The van der Waals surface area contributed by atoms with E-state index in [0.29, 0.717) is 12.4 Å². The van der Waals surface area contributed by atoms with Gasteiger partial charge in [0.15, 0.2) is 5.78 Å². The maximum Gasteiger partial charge on any atom is 0.184 e. The number of ether oxygens (including phenoxy) is 1. The van der Waals surface area contributed by atoms with Gasteiger partial charge < -0.3 is 9.84 Å². The number of phenolic OH excluding ortho intramolecular Hbond substituents is 1. The minimum absolute atomic E-state index is 0.0732. The largest absolute Gasteiger partial charge is 0.507 e. The summed E-state index contributed by atoms with van der Waals surface area (Å²) in [6, 6.07) is 4.53. The molecule has 4 heteroatoms. The first-order valence-electron chi connectivity index (χ1n) is 4.70. The van der Waals surface area contributed by atoms with Crippen molar-refractivity contribution in [2.75, 3.05) is 6.61 Å². The molecule has 0 heterocycles. The van der Waals surface area contributed by atoms with E-state index in [1.807, 2.05) is 6.92 Å². The van der Waals surface area contributed by atoms with Crippen molar-refractivity contribution in [3.63, 3.8) is 0 Å². The van der Waals surface area contributed by atoms with Gasteiger partial charge in [0.05, 0.1) is 17.5 Å². The standard InChI is InChI=1S/C11H13ClO3/c1-3-15-8-4-5-10(13)9(6-8)11(14)7(2)12/h4-7,13H,3H2,1-2H3. The molecule has 0 amide bonds. The molecule has 15 heavy (non-hydrogen) atoms. The molecule has 0 aromatic heterocycles. The van der Waals surface area contributed by atoms with Gasteiger partial charge in [-0.3, -0.25) is 4.79 Å². The number of benzene rings is 1. The molecule has 0 aliphatic heterocycles. The van der Waals surface area contributed by atoms with Crippen molar-refractivity contribution < 1.29 is 14.6 Å².